The number of ketones is 1. The third kappa shape index (κ3) is 2.49. The molecule has 0 aliphatic carbocycles. The van der Waals surface area contributed by atoms with E-state index in [4.69, 9.17) is 0 Å². The molecule has 1 fully saturated rings. The third-order valence-electron chi connectivity index (χ3n) is 2.35. The summed E-state index contributed by atoms with van der Waals surface area (Å²) in [6.07, 6.45) is 0.281. The summed E-state index contributed by atoms with van der Waals surface area (Å²) in [5.74, 6) is 0.238. The first-order chi connectivity index (χ1) is 6.02. The molecule has 1 aliphatic heterocycles. The Morgan fingerprint density at radius 3 is 2.54 bits per heavy atom. The fourth-order valence-corrected chi connectivity index (χ4v) is 1.96. The van der Waals surface area contributed by atoms with Crippen LogP contribution in [0.15, 0.2) is 0 Å². The van der Waals surface area contributed by atoms with E-state index in [9.17, 15) is 4.79 Å². The Bertz CT molecular complexity index is 193. The minimum absolute atomic E-state index is 0.238. The second-order valence-electron chi connectivity index (χ2n) is 3.96. The number of carbonyl (C=O) groups excluding carboxylic acids is 1. The van der Waals surface area contributed by atoms with Crippen LogP contribution in [0.1, 0.15) is 6.92 Å². The van der Waals surface area contributed by atoms with Gasteiger partial charge >= 0.3 is 0 Å². The topological polar surface area (TPSA) is 26.8 Å². The second kappa shape index (κ2) is 4.17. The largest absolute Gasteiger partial charge is 0.299 e. The van der Waals surface area contributed by atoms with Crippen molar-refractivity contribution in [2.75, 3.05) is 40.8 Å². The van der Waals surface area contributed by atoms with Crippen molar-refractivity contribution in [1.82, 2.24) is 14.7 Å². The van der Waals surface area contributed by atoms with Gasteiger partial charge in [0, 0.05) is 13.1 Å². The molecule has 0 spiro atoms. The van der Waals surface area contributed by atoms with Gasteiger partial charge in [-0.05, 0) is 28.1 Å². The summed E-state index contributed by atoms with van der Waals surface area (Å²) in [5, 5.41) is 0. The molecule has 1 aliphatic rings. The fraction of sp³-hybridized carbons (Fsp3) is 0.889. The molecule has 13 heavy (non-hydrogen) atoms. The first kappa shape index (κ1) is 10.6. The zero-order valence-electron chi connectivity index (χ0n) is 8.95. The Labute approximate surface area is 80.1 Å². The van der Waals surface area contributed by atoms with Crippen molar-refractivity contribution >= 4 is 5.78 Å². The lowest BCUT2D eigenvalue weighted by Crippen LogP contribution is -2.48. The first-order valence-corrected chi connectivity index (χ1v) is 4.62. The number of nitrogens with zero attached hydrogens (tertiary/aromatic N) is 3. The van der Waals surface area contributed by atoms with Crippen molar-refractivity contribution in [2.24, 2.45) is 0 Å². The molecule has 0 saturated carbocycles. The summed E-state index contributed by atoms with van der Waals surface area (Å²) in [6, 6.07) is 0. The molecule has 1 unspecified atom stereocenters. The smallest absolute Gasteiger partial charge is 0.143 e. The second-order valence-corrected chi connectivity index (χ2v) is 3.96. The molecule has 0 aromatic rings. The molecule has 0 aromatic heterocycles. The van der Waals surface area contributed by atoms with E-state index in [0.29, 0.717) is 6.54 Å². The van der Waals surface area contributed by atoms with Gasteiger partial charge in [0.2, 0.25) is 0 Å². The molecule has 0 radical (unpaired) electrons. The van der Waals surface area contributed by atoms with Crippen LogP contribution < -0.4 is 0 Å². The molecule has 1 heterocycles. The normalized spacial score (nSPS) is 25.8. The van der Waals surface area contributed by atoms with E-state index >= 15 is 0 Å². The van der Waals surface area contributed by atoms with E-state index in [0.717, 1.165) is 13.1 Å². The standard InChI is InChI=1S/C9H19N3O/c1-8(13)7-12-6-5-11(4)9(12)10(2)3/h9H,5-7H2,1-4H3. The highest BCUT2D eigenvalue weighted by Gasteiger charge is 2.30. The molecule has 1 saturated heterocycles. The van der Waals surface area contributed by atoms with E-state index < -0.39 is 0 Å². The molecule has 4 heteroatoms. The average Bonchev–Trinajstić information content (AvgIpc) is 2.30. The molecule has 1 atom stereocenters. The van der Waals surface area contributed by atoms with Crippen LogP contribution in [-0.4, -0.2) is 67.5 Å². The van der Waals surface area contributed by atoms with Crippen LogP contribution in [0, 0.1) is 0 Å². The summed E-state index contributed by atoms with van der Waals surface area (Å²) < 4.78 is 0. The van der Waals surface area contributed by atoms with Gasteiger partial charge in [0.25, 0.3) is 0 Å². The van der Waals surface area contributed by atoms with E-state index in [2.05, 4.69) is 21.7 Å². The van der Waals surface area contributed by atoms with Crippen molar-refractivity contribution in [3.05, 3.63) is 0 Å². The summed E-state index contributed by atoms with van der Waals surface area (Å²) in [5.41, 5.74) is 0. The quantitative estimate of drug-likeness (QED) is 0.601. The van der Waals surface area contributed by atoms with Crippen LogP contribution in [-0.2, 0) is 4.79 Å². The van der Waals surface area contributed by atoms with Gasteiger partial charge in [0.05, 0.1) is 6.54 Å². The molecule has 0 N–H and O–H groups in total. The molecular weight excluding hydrogens is 166 g/mol. The van der Waals surface area contributed by atoms with Crippen molar-refractivity contribution in [2.45, 2.75) is 13.2 Å². The molecule has 76 valence electrons. The number of rotatable bonds is 3. The van der Waals surface area contributed by atoms with E-state index in [1.165, 1.54) is 0 Å². The Hall–Kier alpha value is -0.450. The zero-order chi connectivity index (χ0) is 10.0. The van der Waals surface area contributed by atoms with Gasteiger partial charge in [-0.15, -0.1) is 0 Å². The summed E-state index contributed by atoms with van der Waals surface area (Å²) >= 11 is 0. The summed E-state index contributed by atoms with van der Waals surface area (Å²) in [4.78, 5) is 17.6. The van der Waals surface area contributed by atoms with Gasteiger partial charge < -0.3 is 0 Å². The minimum Gasteiger partial charge on any atom is -0.299 e. The lowest BCUT2D eigenvalue weighted by Gasteiger charge is -2.32. The highest BCUT2D eigenvalue weighted by molar-refractivity contribution is 5.77. The van der Waals surface area contributed by atoms with Gasteiger partial charge in [0.15, 0.2) is 0 Å². The number of Topliss-reactive ketones (excluding diaryl/α,β-unsaturated/α-hetero) is 1. The first-order valence-electron chi connectivity index (χ1n) is 4.62. The molecule has 0 amide bonds. The van der Waals surface area contributed by atoms with E-state index in [1.807, 2.05) is 14.1 Å². The van der Waals surface area contributed by atoms with E-state index in [-0.39, 0.29) is 12.1 Å². The third-order valence-corrected chi connectivity index (χ3v) is 2.35. The van der Waals surface area contributed by atoms with Gasteiger partial charge in [-0.3, -0.25) is 19.5 Å². The van der Waals surface area contributed by atoms with Crippen molar-refractivity contribution in [3.8, 4) is 0 Å². The van der Waals surface area contributed by atoms with Gasteiger partial charge in [-0.1, -0.05) is 0 Å². The van der Waals surface area contributed by atoms with Crippen LogP contribution in [0.5, 0.6) is 0 Å². The predicted molar refractivity (Wildman–Crippen MR) is 52.4 cm³/mol. The number of likely N-dealkylation sites (N-methyl/N-ethyl adjacent to an activating group) is 1. The van der Waals surface area contributed by atoms with Crippen LogP contribution in [0.4, 0.5) is 0 Å². The maximum Gasteiger partial charge on any atom is 0.143 e. The Kier molecular flexibility index (Phi) is 3.41. The van der Waals surface area contributed by atoms with Gasteiger partial charge in [-0.25, -0.2) is 0 Å². The molecular formula is C9H19N3O. The van der Waals surface area contributed by atoms with Crippen LogP contribution in [0.2, 0.25) is 0 Å². The molecule has 0 bridgehead atoms. The average molecular weight is 185 g/mol. The lowest BCUT2D eigenvalue weighted by molar-refractivity contribution is -0.119. The monoisotopic (exact) mass is 185 g/mol. The van der Waals surface area contributed by atoms with Crippen LogP contribution in [0.3, 0.4) is 0 Å². The summed E-state index contributed by atoms with van der Waals surface area (Å²) in [7, 11) is 6.17. The van der Waals surface area contributed by atoms with Gasteiger partial charge in [-0.2, -0.15) is 0 Å². The zero-order valence-corrected chi connectivity index (χ0v) is 8.95. The molecule has 4 nitrogen and oxygen atoms in total. The minimum atomic E-state index is 0.238. The SMILES string of the molecule is CC(=O)CN1CCN(C)C1N(C)C. The number of hydrogen-bond acceptors (Lipinski definition) is 4. The van der Waals surface area contributed by atoms with Crippen molar-refractivity contribution < 1.29 is 4.79 Å². The van der Waals surface area contributed by atoms with Crippen LogP contribution >= 0.6 is 0 Å². The predicted octanol–water partition coefficient (Wildman–Crippen LogP) is -0.332. The van der Waals surface area contributed by atoms with Crippen LogP contribution in [0.25, 0.3) is 0 Å². The highest BCUT2D eigenvalue weighted by Crippen LogP contribution is 2.13. The number of carbonyl (C=O) groups is 1. The van der Waals surface area contributed by atoms with E-state index in [1.54, 1.807) is 6.92 Å². The highest BCUT2D eigenvalue weighted by atomic mass is 16.1. The maximum absolute atomic E-state index is 11.0. The van der Waals surface area contributed by atoms with Gasteiger partial charge in [0.1, 0.15) is 12.1 Å². The number of hydrogen-bond donors (Lipinski definition) is 0. The Morgan fingerprint density at radius 2 is 2.08 bits per heavy atom. The van der Waals surface area contributed by atoms with Crippen molar-refractivity contribution in [3.63, 3.8) is 0 Å². The summed E-state index contributed by atoms with van der Waals surface area (Å²) in [6.45, 7) is 4.23. The maximum atomic E-state index is 11.0. The molecule has 0 aromatic carbocycles. The molecule has 1 rings (SSSR count). The lowest BCUT2D eigenvalue weighted by atomic mass is 10.4. The fourth-order valence-electron chi connectivity index (χ4n) is 1.96. The Balaban J connectivity index is 2.58. The Morgan fingerprint density at radius 1 is 1.46 bits per heavy atom. The van der Waals surface area contributed by atoms with Crippen molar-refractivity contribution in [1.29, 1.82) is 0 Å².